The van der Waals surface area contributed by atoms with Gasteiger partial charge in [0.15, 0.2) is 0 Å². The summed E-state index contributed by atoms with van der Waals surface area (Å²) in [4.78, 5) is 21.0. The Labute approximate surface area is 164 Å². The molecule has 0 aliphatic heterocycles. The second kappa shape index (κ2) is 9.00. The highest BCUT2D eigenvalue weighted by atomic mass is 32.2. The minimum absolute atomic E-state index is 0.00134. The van der Waals surface area contributed by atoms with Gasteiger partial charge in [-0.15, -0.1) is 0 Å². The summed E-state index contributed by atoms with van der Waals surface area (Å²) in [5.41, 5.74) is 3.34. The normalized spacial score (nSPS) is 12.3. The van der Waals surface area contributed by atoms with E-state index in [-0.39, 0.29) is 11.9 Å². The highest BCUT2D eigenvalue weighted by molar-refractivity contribution is 8.00. The van der Waals surface area contributed by atoms with Crippen molar-refractivity contribution in [3.63, 3.8) is 0 Å². The Bertz CT molecular complexity index is 904. The van der Waals surface area contributed by atoms with Crippen molar-refractivity contribution in [1.82, 2.24) is 15.3 Å². The third kappa shape index (κ3) is 5.30. The lowest BCUT2D eigenvalue weighted by Gasteiger charge is -2.15. The van der Waals surface area contributed by atoms with Crippen molar-refractivity contribution in [3.05, 3.63) is 66.0 Å². The molecule has 0 bridgehead atoms. The van der Waals surface area contributed by atoms with E-state index in [1.54, 1.807) is 6.33 Å². The number of hydrogen-bond donors (Lipinski definition) is 1. The third-order valence-electron chi connectivity index (χ3n) is 4.35. The topological polar surface area (TPSA) is 54.9 Å². The predicted octanol–water partition coefficient (Wildman–Crippen LogP) is 4.80. The Morgan fingerprint density at radius 2 is 1.78 bits per heavy atom. The second-order valence-electron chi connectivity index (χ2n) is 7.11. The van der Waals surface area contributed by atoms with Crippen molar-refractivity contribution in [2.45, 2.75) is 38.3 Å². The van der Waals surface area contributed by atoms with Gasteiger partial charge in [-0.2, -0.15) is 0 Å². The van der Waals surface area contributed by atoms with Gasteiger partial charge in [-0.3, -0.25) is 4.79 Å². The highest BCUT2D eigenvalue weighted by Gasteiger charge is 2.12. The zero-order chi connectivity index (χ0) is 19.2. The molecule has 4 nitrogen and oxygen atoms in total. The van der Waals surface area contributed by atoms with Crippen LogP contribution in [0.1, 0.15) is 37.9 Å². The van der Waals surface area contributed by atoms with Gasteiger partial charge in [0.2, 0.25) is 5.91 Å². The average molecular weight is 380 g/mol. The van der Waals surface area contributed by atoms with Crippen LogP contribution in [0.3, 0.4) is 0 Å². The molecule has 0 spiro atoms. The van der Waals surface area contributed by atoms with E-state index in [1.807, 2.05) is 31.2 Å². The van der Waals surface area contributed by atoms with Gasteiger partial charge in [0.1, 0.15) is 11.4 Å². The number of amides is 1. The molecule has 2 aromatic carbocycles. The lowest BCUT2D eigenvalue weighted by atomic mass is 10.00. The molecule has 0 unspecified atom stereocenters. The van der Waals surface area contributed by atoms with E-state index < -0.39 is 0 Å². The molecule has 0 aliphatic rings. The van der Waals surface area contributed by atoms with Gasteiger partial charge < -0.3 is 5.32 Å². The molecule has 3 aromatic rings. The number of nitrogens with zero attached hydrogens (tertiary/aromatic N) is 2. The Balaban J connectivity index is 1.57. The lowest BCUT2D eigenvalue weighted by Crippen LogP contribution is -2.28. The summed E-state index contributed by atoms with van der Waals surface area (Å²) in [5, 5.41) is 4.88. The van der Waals surface area contributed by atoms with Crippen molar-refractivity contribution in [1.29, 1.82) is 0 Å². The maximum absolute atomic E-state index is 12.4. The monoisotopic (exact) mass is 379 g/mol. The summed E-state index contributed by atoms with van der Waals surface area (Å²) in [5.74, 6) is 0.973. The first kappa shape index (κ1) is 19.4. The quantitative estimate of drug-likeness (QED) is 0.473. The van der Waals surface area contributed by atoms with Crippen LogP contribution in [-0.4, -0.2) is 21.6 Å². The van der Waals surface area contributed by atoms with E-state index in [2.05, 4.69) is 53.4 Å². The van der Waals surface area contributed by atoms with Crippen LogP contribution in [0.5, 0.6) is 0 Å². The summed E-state index contributed by atoms with van der Waals surface area (Å²) in [6, 6.07) is 16.3. The zero-order valence-electron chi connectivity index (χ0n) is 16.0. The molecular weight excluding hydrogens is 354 g/mol. The first-order valence-corrected chi connectivity index (χ1v) is 10.2. The van der Waals surface area contributed by atoms with Gasteiger partial charge in [-0.1, -0.05) is 68.1 Å². The van der Waals surface area contributed by atoms with Gasteiger partial charge in [0.25, 0.3) is 0 Å². The first-order chi connectivity index (χ1) is 13.0. The van der Waals surface area contributed by atoms with E-state index in [0.717, 1.165) is 27.9 Å². The number of fused-ring (bicyclic) bond motifs is 1. The van der Waals surface area contributed by atoms with Crippen molar-refractivity contribution >= 4 is 28.6 Å². The minimum Gasteiger partial charge on any atom is -0.349 e. The van der Waals surface area contributed by atoms with Crippen LogP contribution in [0.2, 0.25) is 0 Å². The number of nitrogens with one attached hydrogen (secondary N) is 1. The Hall–Kier alpha value is -2.40. The molecule has 5 heteroatoms. The number of thioether (sulfide) groups is 1. The molecule has 0 saturated heterocycles. The zero-order valence-corrected chi connectivity index (χ0v) is 16.8. The van der Waals surface area contributed by atoms with Crippen LogP contribution < -0.4 is 5.32 Å². The molecule has 1 amide bonds. The molecule has 1 heterocycles. The number of aromatic nitrogens is 2. The molecule has 140 valence electrons. The van der Waals surface area contributed by atoms with E-state index in [4.69, 9.17) is 0 Å². The number of carbonyl (C=O) groups is 1. The summed E-state index contributed by atoms with van der Waals surface area (Å²) in [6.07, 6.45) is 2.62. The summed E-state index contributed by atoms with van der Waals surface area (Å²) < 4.78 is 0. The average Bonchev–Trinajstić information content (AvgIpc) is 2.66. The Kier molecular flexibility index (Phi) is 6.45. The number of hydrogen-bond acceptors (Lipinski definition) is 4. The smallest absolute Gasteiger partial charge is 0.230 e. The summed E-state index contributed by atoms with van der Waals surface area (Å²) in [7, 11) is 0. The lowest BCUT2D eigenvalue weighted by molar-refractivity contribution is -0.119. The fourth-order valence-corrected chi connectivity index (χ4v) is 3.81. The van der Waals surface area contributed by atoms with Gasteiger partial charge in [-0.25, -0.2) is 9.97 Å². The van der Waals surface area contributed by atoms with Crippen molar-refractivity contribution in [2.75, 3.05) is 5.75 Å². The van der Waals surface area contributed by atoms with E-state index >= 15 is 0 Å². The minimum atomic E-state index is -0.0201. The highest BCUT2D eigenvalue weighted by Crippen LogP contribution is 2.24. The standard InChI is InChI=1S/C22H25N3OS/c1-15(2)12-17-8-10-18(11-9-17)16(3)25-21(26)13-27-22-19-6-4-5-7-20(19)23-14-24-22/h4-11,14-16H,12-13H2,1-3H3,(H,25,26)/t16-/m0/s1. The van der Waals surface area contributed by atoms with E-state index in [0.29, 0.717) is 11.7 Å². The molecule has 1 aromatic heterocycles. The summed E-state index contributed by atoms with van der Waals surface area (Å²) >= 11 is 1.44. The van der Waals surface area contributed by atoms with E-state index in [9.17, 15) is 4.79 Å². The number of para-hydroxylation sites is 1. The van der Waals surface area contributed by atoms with Crippen molar-refractivity contribution in [3.8, 4) is 0 Å². The molecule has 0 radical (unpaired) electrons. The van der Waals surface area contributed by atoms with Crippen LogP contribution in [0, 0.1) is 5.92 Å². The van der Waals surface area contributed by atoms with Crippen molar-refractivity contribution < 1.29 is 4.79 Å². The molecule has 1 atom stereocenters. The number of rotatable bonds is 7. The number of benzene rings is 2. The first-order valence-electron chi connectivity index (χ1n) is 9.23. The molecule has 27 heavy (non-hydrogen) atoms. The molecule has 0 aliphatic carbocycles. The second-order valence-corrected chi connectivity index (χ2v) is 8.08. The molecule has 0 fully saturated rings. The van der Waals surface area contributed by atoms with Crippen LogP contribution in [0.4, 0.5) is 0 Å². The molecular formula is C22H25N3OS. The maximum Gasteiger partial charge on any atom is 0.230 e. The SMILES string of the molecule is CC(C)Cc1ccc([C@H](C)NC(=O)CSc2ncnc3ccccc23)cc1. The van der Waals surface area contributed by atoms with Gasteiger partial charge in [0.05, 0.1) is 17.3 Å². The Morgan fingerprint density at radius 3 is 2.52 bits per heavy atom. The van der Waals surface area contributed by atoms with Crippen LogP contribution in [-0.2, 0) is 11.2 Å². The van der Waals surface area contributed by atoms with Gasteiger partial charge in [-0.05, 0) is 36.5 Å². The molecule has 1 N–H and O–H groups in total. The molecule has 0 saturated carbocycles. The summed E-state index contributed by atoms with van der Waals surface area (Å²) in [6.45, 7) is 6.45. The van der Waals surface area contributed by atoms with Crippen molar-refractivity contribution in [2.24, 2.45) is 5.92 Å². The van der Waals surface area contributed by atoms with Gasteiger partial charge in [0, 0.05) is 5.39 Å². The van der Waals surface area contributed by atoms with Crippen LogP contribution >= 0.6 is 11.8 Å². The molecule has 3 rings (SSSR count). The fraction of sp³-hybridized carbons (Fsp3) is 0.318. The largest absolute Gasteiger partial charge is 0.349 e. The third-order valence-corrected chi connectivity index (χ3v) is 5.35. The number of carbonyl (C=O) groups excluding carboxylic acids is 1. The Morgan fingerprint density at radius 1 is 1.04 bits per heavy atom. The predicted molar refractivity (Wildman–Crippen MR) is 112 cm³/mol. The van der Waals surface area contributed by atoms with Crippen LogP contribution in [0.15, 0.2) is 59.9 Å². The van der Waals surface area contributed by atoms with E-state index in [1.165, 1.54) is 17.3 Å². The fourth-order valence-electron chi connectivity index (χ4n) is 3.01. The maximum atomic E-state index is 12.4. The van der Waals surface area contributed by atoms with Gasteiger partial charge >= 0.3 is 0 Å². The van der Waals surface area contributed by atoms with Crippen LogP contribution in [0.25, 0.3) is 10.9 Å².